The molecular formula is C17H15N5O. The fourth-order valence-corrected chi connectivity index (χ4v) is 2.62. The van der Waals surface area contributed by atoms with E-state index in [2.05, 4.69) is 52.7 Å². The third-order valence-electron chi connectivity index (χ3n) is 3.87. The molecule has 0 radical (unpaired) electrons. The van der Waals surface area contributed by atoms with Crippen molar-refractivity contribution in [3.05, 3.63) is 59.3 Å². The average Bonchev–Trinajstić information content (AvgIpc) is 3.18. The molecule has 0 saturated carbocycles. The normalized spacial score (nSPS) is 11.2. The molecule has 0 aliphatic carbocycles. The molecule has 0 aliphatic rings. The first-order chi connectivity index (χ1) is 11.2. The van der Waals surface area contributed by atoms with Crippen LogP contribution in [-0.4, -0.2) is 25.3 Å². The van der Waals surface area contributed by atoms with Crippen LogP contribution in [0.15, 0.2) is 47.2 Å². The highest BCUT2D eigenvalue weighted by atomic mass is 16.6. The van der Waals surface area contributed by atoms with Crippen molar-refractivity contribution in [3.8, 4) is 11.3 Å². The summed E-state index contributed by atoms with van der Waals surface area (Å²) in [7, 11) is 0. The summed E-state index contributed by atoms with van der Waals surface area (Å²) >= 11 is 0. The Morgan fingerprint density at radius 3 is 2.78 bits per heavy atom. The molecule has 114 valence electrons. The third-order valence-corrected chi connectivity index (χ3v) is 3.87. The van der Waals surface area contributed by atoms with E-state index in [1.165, 1.54) is 11.1 Å². The lowest BCUT2D eigenvalue weighted by molar-refractivity contribution is 0.315. The molecule has 4 rings (SSSR count). The summed E-state index contributed by atoms with van der Waals surface area (Å²) in [4.78, 5) is 0. The maximum atomic E-state index is 4.72. The minimum absolute atomic E-state index is 0.626. The largest absolute Gasteiger partial charge is 0.247 e. The summed E-state index contributed by atoms with van der Waals surface area (Å²) in [6, 6.07) is 12.2. The van der Waals surface area contributed by atoms with Gasteiger partial charge in [0, 0.05) is 5.56 Å². The number of hydrogen-bond donors (Lipinski definition) is 0. The van der Waals surface area contributed by atoms with Crippen LogP contribution in [0.25, 0.3) is 22.3 Å². The van der Waals surface area contributed by atoms with Gasteiger partial charge >= 0.3 is 0 Å². The lowest BCUT2D eigenvalue weighted by Gasteiger charge is -2.03. The van der Waals surface area contributed by atoms with Gasteiger partial charge in [-0.2, -0.15) is 0 Å². The van der Waals surface area contributed by atoms with Gasteiger partial charge in [-0.25, -0.2) is 9.31 Å². The molecule has 6 nitrogen and oxygen atoms in total. The second kappa shape index (κ2) is 5.31. The monoisotopic (exact) mass is 305 g/mol. The van der Waals surface area contributed by atoms with E-state index in [1.807, 2.05) is 29.1 Å². The second-order valence-corrected chi connectivity index (χ2v) is 5.71. The molecule has 0 unspecified atom stereocenters. The van der Waals surface area contributed by atoms with Crippen LogP contribution in [0.4, 0.5) is 0 Å². The van der Waals surface area contributed by atoms with Crippen molar-refractivity contribution in [2.75, 3.05) is 0 Å². The third kappa shape index (κ3) is 2.59. The Morgan fingerprint density at radius 1 is 1.00 bits per heavy atom. The van der Waals surface area contributed by atoms with Crippen LogP contribution in [-0.2, 0) is 6.54 Å². The lowest BCUT2D eigenvalue weighted by Crippen LogP contribution is -2.00. The second-order valence-electron chi connectivity index (χ2n) is 5.71. The smallest absolute Gasteiger partial charge is 0.135 e. The van der Waals surface area contributed by atoms with E-state index in [1.54, 1.807) is 0 Å². The Bertz CT molecular complexity index is 985. The predicted molar refractivity (Wildman–Crippen MR) is 85.8 cm³/mol. The van der Waals surface area contributed by atoms with Gasteiger partial charge in [-0.1, -0.05) is 29.0 Å². The van der Waals surface area contributed by atoms with Crippen molar-refractivity contribution >= 4 is 11.0 Å². The van der Waals surface area contributed by atoms with Crippen LogP contribution in [0, 0.1) is 13.8 Å². The van der Waals surface area contributed by atoms with Crippen molar-refractivity contribution in [3.63, 3.8) is 0 Å². The average molecular weight is 305 g/mol. The van der Waals surface area contributed by atoms with Gasteiger partial charge in [0.25, 0.3) is 0 Å². The highest BCUT2D eigenvalue weighted by Gasteiger charge is 2.08. The molecule has 6 heteroatoms. The Hall–Kier alpha value is -3.02. The van der Waals surface area contributed by atoms with Crippen molar-refractivity contribution in [1.82, 2.24) is 25.3 Å². The minimum atomic E-state index is 0.626. The topological polar surface area (TPSA) is 69.6 Å². The minimum Gasteiger partial charge on any atom is -0.247 e. The first-order valence-electron chi connectivity index (χ1n) is 7.38. The number of aromatic nitrogens is 5. The Kier molecular flexibility index (Phi) is 3.15. The molecule has 0 fully saturated rings. The van der Waals surface area contributed by atoms with Crippen molar-refractivity contribution in [1.29, 1.82) is 0 Å². The van der Waals surface area contributed by atoms with Gasteiger partial charge in [0.15, 0.2) is 0 Å². The van der Waals surface area contributed by atoms with Gasteiger partial charge in [-0.3, -0.25) is 0 Å². The van der Waals surface area contributed by atoms with Gasteiger partial charge in [-0.05, 0) is 53.5 Å². The molecule has 2 aromatic carbocycles. The standard InChI is InChI=1S/C17H15N5O/c1-11-3-4-12(2)14(7-11)17-10-22(21-18-17)9-13-5-6-15-16(8-13)20-23-19-15/h3-8,10H,9H2,1-2H3. The number of nitrogens with zero attached hydrogens (tertiary/aromatic N) is 5. The first-order valence-corrected chi connectivity index (χ1v) is 7.38. The maximum absolute atomic E-state index is 4.72. The van der Waals surface area contributed by atoms with Crippen LogP contribution in [0.5, 0.6) is 0 Å². The Balaban J connectivity index is 1.63. The van der Waals surface area contributed by atoms with Crippen LogP contribution in [0.2, 0.25) is 0 Å². The summed E-state index contributed by atoms with van der Waals surface area (Å²) in [6.45, 7) is 4.79. The van der Waals surface area contributed by atoms with Crippen LogP contribution < -0.4 is 0 Å². The zero-order chi connectivity index (χ0) is 15.8. The van der Waals surface area contributed by atoms with Crippen molar-refractivity contribution in [2.45, 2.75) is 20.4 Å². The highest BCUT2D eigenvalue weighted by Crippen LogP contribution is 2.22. The fraction of sp³-hybridized carbons (Fsp3) is 0.176. The summed E-state index contributed by atoms with van der Waals surface area (Å²) < 4.78 is 6.55. The molecule has 23 heavy (non-hydrogen) atoms. The highest BCUT2D eigenvalue weighted by molar-refractivity contribution is 5.73. The van der Waals surface area contributed by atoms with Crippen molar-refractivity contribution in [2.24, 2.45) is 0 Å². The molecule has 0 spiro atoms. The van der Waals surface area contributed by atoms with E-state index in [-0.39, 0.29) is 0 Å². The van der Waals surface area contributed by atoms with E-state index >= 15 is 0 Å². The SMILES string of the molecule is Cc1ccc(C)c(-c2cn(Cc3ccc4nonc4c3)nn2)c1. The number of fused-ring (bicyclic) bond motifs is 1. The van der Waals surface area contributed by atoms with Gasteiger partial charge < -0.3 is 0 Å². The van der Waals surface area contributed by atoms with Crippen LogP contribution in [0.1, 0.15) is 16.7 Å². The Morgan fingerprint density at radius 2 is 1.87 bits per heavy atom. The molecule has 0 amide bonds. The van der Waals surface area contributed by atoms with Gasteiger partial charge in [-0.15, -0.1) is 5.10 Å². The molecule has 0 bridgehead atoms. The number of rotatable bonds is 3. The van der Waals surface area contributed by atoms with Crippen LogP contribution >= 0.6 is 0 Å². The number of benzene rings is 2. The van der Waals surface area contributed by atoms with Crippen LogP contribution in [0.3, 0.4) is 0 Å². The molecule has 4 aromatic rings. The van der Waals surface area contributed by atoms with Crippen molar-refractivity contribution < 1.29 is 4.63 Å². The van der Waals surface area contributed by atoms with E-state index < -0.39 is 0 Å². The summed E-state index contributed by atoms with van der Waals surface area (Å²) in [5, 5.41) is 16.2. The molecule has 2 aromatic heterocycles. The van der Waals surface area contributed by atoms with Gasteiger partial charge in [0.1, 0.15) is 16.7 Å². The zero-order valence-electron chi connectivity index (χ0n) is 12.9. The van der Waals surface area contributed by atoms with E-state index in [9.17, 15) is 0 Å². The molecule has 0 N–H and O–H groups in total. The quantitative estimate of drug-likeness (QED) is 0.581. The van der Waals surface area contributed by atoms with Gasteiger partial charge in [0.05, 0.1) is 12.7 Å². The first kappa shape index (κ1) is 13.6. The summed E-state index contributed by atoms with van der Waals surface area (Å²) in [5.41, 5.74) is 6.98. The summed E-state index contributed by atoms with van der Waals surface area (Å²) in [5.74, 6) is 0. The molecule has 0 atom stereocenters. The number of aryl methyl sites for hydroxylation is 2. The molecule has 0 aliphatic heterocycles. The maximum Gasteiger partial charge on any atom is 0.135 e. The molecule has 0 saturated heterocycles. The zero-order valence-corrected chi connectivity index (χ0v) is 12.9. The predicted octanol–water partition coefficient (Wildman–Crippen LogP) is 3.15. The van der Waals surface area contributed by atoms with Gasteiger partial charge in [0.2, 0.25) is 0 Å². The van der Waals surface area contributed by atoms with E-state index in [4.69, 9.17) is 4.63 Å². The Labute approximate surface area is 132 Å². The van der Waals surface area contributed by atoms with E-state index in [0.717, 1.165) is 27.9 Å². The van der Waals surface area contributed by atoms with E-state index in [0.29, 0.717) is 6.54 Å². The lowest BCUT2D eigenvalue weighted by atomic mass is 10.0. The number of hydrogen-bond acceptors (Lipinski definition) is 5. The molecular weight excluding hydrogens is 290 g/mol. The molecule has 2 heterocycles. The summed E-state index contributed by atoms with van der Waals surface area (Å²) in [6.07, 6.45) is 1.97. The fourth-order valence-electron chi connectivity index (χ4n) is 2.62.